The monoisotopic (exact) mass is 251 g/mol. The number of anilines is 1. The maximum Gasteiger partial charge on any atom is 0.253 e. The van der Waals surface area contributed by atoms with Crippen molar-refractivity contribution in [3.63, 3.8) is 0 Å². The van der Waals surface area contributed by atoms with Gasteiger partial charge in [0.05, 0.1) is 17.4 Å². The normalized spacial score (nSPS) is 10.3. The second-order valence-electron chi connectivity index (χ2n) is 4.04. The van der Waals surface area contributed by atoms with E-state index in [1.807, 2.05) is 0 Å². The number of unbranched alkanes of at least 4 members (excludes halogenated alkanes) is 1. The van der Waals surface area contributed by atoms with Gasteiger partial charge in [-0.05, 0) is 18.9 Å². The minimum Gasteiger partial charge on any atom is -0.397 e. The standard InChI is InChI=1S/C13H21N3O2/c1-2-3-8-18-9-4-6-16-13(17)11-5-7-15-10-12(11)14/h5,7,10H,2-4,6,8-9,14H2,1H3,(H,16,17). The van der Waals surface area contributed by atoms with E-state index >= 15 is 0 Å². The molecule has 0 saturated heterocycles. The molecule has 18 heavy (non-hydrogen) atoms. The molecule has 5 nitrogen and oxygen atoms in total. The number of hydrogen-bond acceptors (Lipinski definition) is 4. The van der Waals surface area contributed by atoms with Gasteiger partial charge in [-0.2, -0.15) is 0 Å². The molecule has 0 unspecified atom stereocenters. The average molecular weight is 251 g/mol. The largest absolute Gasteiger partial charge is 0.397 e. The van der Waals surface area contributed by atoms with Crippen LogP contribution in [0, 0.1) is 0 Å². The molecule has 100 valence electrons. The van der Waals surface area contributed by atoms with Gasteiger partial charge in [-0.25, -0.2) is 0 Å². The summed E-state index contributed by atoms with van der Waals surface area (Å²) in [7, 11) is 0. The smallest absolute Gasteiger partial charge is 0.253 e. The highest BCUT2D eigenvalue weighted by molar-refractivity contribution is 5.98. The number of carbonyl (C=O) groups is 1. The van der Waals surface area contributed by atoms with Crippen LogP contribution < -0.4 is 11.1 Å². The van der Waals surface area contributed by atoms with Gasteiger partial charge in [-0.3, -0.25) is 9.78 Å². The molecule has 0 aromatic carbocycles. The Morgan fingerprint density at radius 1 is 1.44 bits per heavy atom. The fraction of sp³-hybridized carbons (Fsp3) is 0.538. The minimum absolute atomic E-state index is 0.163. The first-order valence-corrected chi connectivity index (χ1v) is 6.31. The third-order valence-corrected chi connectivity index (χ3v) is 2.49. The molecule has 0 aliphatic carbocycles. The highest BCUT2D eigenvalue weighted by Gasteiger charge is 2.07. The van der Waals surface area contributed by atoms with Gasteiger partial charge in [0.1, 0.15) is 0 Å². The van der Waals surface area contributed by atoms with Crippen molar-refractivity contribution >= 4 is 11.6 Å². The summed E-state index contributed by atoms with van der Waals surface area (Å²) in [6.45, 7) is 4.18. The number of amides is 1. The second kappa shape index (κ2) is 8.47. The predicted molar refractivity (Wildman–Crippen MR) is 71.3 cm³/mol. The van der Waals surface area contributed by atoms with Crippen molar-refractivity contribution in [2.45, 2.75) is 26.2 Å². The lowest BCUT2D eigenvalue weighted by molar-refractivity contribution is 0.0941. The quantitative estimate of drug-likeness (QED) is 0.688. The zero-order chi connectivity index (χ0) is 13.2. The summed E-state index contributed by atoms with van der Waals surface area (Å²) in [4.78, 5) is 15.6. The summed E-state index contributed by atoms with van der Waals surface area (Å²) >= 11 is 0. The Labute approximate surface area is 108 Å². The van der Waals surface area contributed by atoms with Crippen LogP contribution in [-0.4, -0.2) is 30.6 Å². The van der Waals surface area contributed by atoms with Crippen LogP contribution in [0.3, 0.4) is 0 Å². The van der Waals surface area contributed by atoms with E-state index in [-0.39, 0.29) is 5.91 Å². The molecule has 0 aliphatic heterocycles. The number of nitrogens with two attached hydrogens (primary N) is 1. The lowest BCUT2D eigenvalue weighted by Crippen LogP contribution is -2.26. The van der Waals surface area contributed by atoms with E-state index in [1.165, 1.54) is 6.20 Å². The minimum atomic E-state index is -0.163. The van der Waals surface area contributed by atoms with Crippen molar-refractivity contribution in [3.8, 4) is 0 Å². The Morgan fingerprint density at radius 2 is 2.22 bits per heavy atom. The number of hydrogen-bond donors (Lipinski definition) is 2. The number of nitrogen functional groups attached to an aromatic ring is 1. The van der Waals surface area contributed by atoms with Crippen molar-refractivity contribution in [1.82, 2.24) is 10.3 Å². The molecule has 0 fully saturated rings. The summed E-state index contributed by atoms with van der Waals surface area (Å²) in [5.74, 6) is -0.163. The first-order valence-electron chi connectivity index (χ1n) is 6.31. The molecular formula is C13H21N3O2. The summed E-state index contributed by atoms with van der Waals surface area (Å²) in [6.07, 6.45) is 6.06. The van der Waals surface area contributed by atoms with E-state index < -0.39 is 0 Å². The van der Waals surface area contributed by atoms with Gasteiger partial charge in [-0.1, -0.05) is 13.3 Å². The highest BCUT2D eigenvalue weighted by atomic mass is 16.5. The Morgan fingerprint density at radius 3 is 2.94 bits per heavy atom. The second-order valence-corrected chi connectivity index (χ2v) is 4.04. The van der Waals surface area contributed by atoms with Gasteiger partial charge in [0.15, 0.2) is 0 Å². The highest BCUT2D eigenvalue weighted by Crippen LogP contribution is 2.07. The Balaban J connectivity index is 2.16. The number of carbonyl (C=O) groups excluding carboxylic acids is 1. The van der Waals surface area contributed by atoms with Crippen molar-refractivity contribution in [3.05, 3.63) is 24.0 Å². The topological polar surface area (TPSA) is 77.2 Å². The number of nitrogens with one attached hydrogen (secondary N) is 1. The van der Waals surface area contributed by atoms with Crippen LogP contribution >= 0.6 is 0 Å². The van der Waals surface area contributed by atoms with Crippen molar-refractivity contribution in [2.75, 3.05) is 25.5 Å². The van der Waals surface area contributed by atoms with Gasteiger partial charge in [0.25, 0.3) is 5.91 Å². The first-order chi connectivity index (χ1) is 8.75. The van der Waals surface area contributed by atoms with Crippen LogP contribution in [0.5, 0.6) is 0 Å². The molecule has 0 aliphatic rings. The lowest BCUT2D eigenvalue weighted by Gasteiger charge is -2.07. The van der Waals surface area contributed by atoms with E-state index in [2.05, 4.69) is 17.2 Å². The number of nitrogens with zero attached hydrogens (tertiary/aromatic N) is 1. The third-order valence-electron chi connectivity index (χ3n) is 2.49. The molecule has 0 atom stereocenters. The Kier molecular flexibility index (Phi) is 6.79. The molecule has 1 heterocycles. The molecule has 1 aromatic heterocycles. The zero-order valence-electron chi connectivity index (χ0n) is 10.8. The maximum absolute atomic E-state index is 11.7. The number of aromatic nitrogens is 1. The third kappa shape index (κ3) is 5.14. The van der Waals surface area contributed by atoms with Gasteiger partial charge < -0.3 is 15.8 Å². The first kappa shape index (κ1) is 14.4. The van der Waals surface area contributed by atoms with Crippen LogP contribution in [0.4, 0.5) is 5.69 Å². The van der Waals surface area contributed by atoms with Crippen LogP contribution in [-0.2, 0) is 4.74 Å². The summed E-state index contributed by atoms with van der Waals surface area (Å²) in [6, 6.07) is 1.61. The van der Waals surface area contributed by atoms with Crippen LogP contribution in [0.1, 0.15) is 36.5 Å². The van der Waals surface area contributed by atoms with Gasteiger partial charge in [0.2, 0.25) is 0 Å². The summed E-state index contributed by atoms with van der Waals surface area (Å²) in [5.41, 5.74) is 6.53. The molecule has 1 amide bonds. The molecule has 1 aromatic rings. The van der Waals surface area contributed by atoms with Crippen LogP contribution in [0.2, 0.25) is 0 Å². The Hall–Kier alpha value is -1.62. The zero-order valence-corrected chi connectivity index (χ0v) is 10.8. The lowest BCUT2D eigenvalue weighted by atomic mass is 10.2. The molecular weight excluding hydrogens is 230 g/mol. The average Bonchev–Trinajstić information content (AvgIpc) is 2.38. The van der Waals surface area contributed by atoms with E-state index in [4.69, 9.17) is 10.5 Å². The summed E-state index contributed by atoms with van der Waals surface area (Å²) < 4.78 is 5.40. The fourth-order valence-electron chi connectivity index (χ4n) is 1.43. The van der Waals surface area contributed by atoms with E-state index in [1.54, 1.807) is 12.3 Å². The van der Waals surface area contributed by atoms with Gasteiger partial charge in [0, 0.05) is 26.0 Å². The van der Waals surface area contributed by atoms with Gasteiger partial charge >= 0.3 is 0 Å². The van der Waals surface area contributed by atoms with E-state index in [9.17, 15) is 4.79 Å². The van der Waals surface area contributed by atoms with Crippen LogP contribution in [0.25, 0.3) is 0 Å². The Bertz CT molecular complexity index is 369. The number of rotatable bonds is 8. The molecule has 1 rings (SSSR count). The number of ether oxygens (including phenoxy) is 1. The SMILES string of the molecule is CCCCOCCCNC(=O)c1ccncc1N. The molecule has 0 spiro atoms. The maximum atomic E-state index is 11.7. The molecule has 0 radical (unpaired) electrons. The molecule has 3 N–H and O–H groups in total. The van der Waals surface area contributed by atoms with Crippen molar-refractivity contribution in [2.24, 2.45) is 0 Å². The van der Waals surface area contributed by atoms with Crippen molar-refractivity contribution in [1.29, 1.82) is 0 Å². The van der Waals surface area contributed by atoms with Crippen LogP contribution in [0.15, 0.2) is 18.5 Å². The number of pyridine rings is 1. The van der Waals surface area contributed by atoms with Crippen molar-refractivity contribution < 1.29 is 9.53 Å². The predicted octanol–water partition coefficient (Wildman–Crippen LogP) is 1.60. The fourth-order valence-corrected chi connectivity index (χ4v) is 1.43. The van der Waals surface area contributed by atoms with Gasteiger partial charge in [-0.15, -0.1) is 0 Å². The van der Waals surface area contributed by atoms with E-state index in [0.717, 1.165) is 25.9 Å². The van der Waals surface area contributed by atoms with E-state index in [0.29, 0.717) is 24.4 Å². The summed E-state index contributed by atoms with van der Waals surface area (Å²) in [5, 5.41) is 2.80. The molecule has 0 saturated carbocycles. The molecule has 0 bridgehead atoms. The molecule has 5 heteroatoms.